The number of hydrogen-bond acceptors (Lipinski definition) is 3. The molecule has 0 fully saturated rings. The molecule has 0 N–H and O–H groups in total. The number of rotatable bonds is 5. The van der Waals surface area contributed by atoms with E-state index in [-0.39, 0.29) is 0 Å². The van der Waals surface area contributed by atoms with E-state index in [0.717, 1.165) is 21.3 Å². The van der Waals surface area contributed by atoms with E-state index in [2.05, 4.69) is 21.1 Å². The van der Waals surface area contributed by atoms with Gasteiger partial charge in [0.15, 0.2) is 0 Å². The molecule has 0 heterocycles. The van der Waals surface area contributed by atoms with Gasteiger partial charge in [0.25, 0.3) is 0 Å². The maximum atomic E-state index is 5.29. The summed E-state index contributed by atoms with van der Waals surface area (Å²) in [6.45, 7) is 0.380. The van der Waals surface area contributed by atoms with Crippen LogP contribution < -0.4 is 4.74 Å². The van der Waals surface area contributed by atoms with Crippen molar-refractivity contribution in [2.45, 2.75) is 6.61 Å². The Labute approximate surface area is 121 Å². The van der Waals surface area contributed by atoms with E-state index in [1.54, 1.807) is 13.3 Å². The van der Waals surface area contributed by atoms with Gasteiger partial charge in [0, 0.05) is 15.6 Å². The fraction of sp³-hybridized carbons (Fsp3) is 0.133. The molecule has 4 heteroatoms. The van der Waals surface area contributed by atoms with Crippen LogP contribution in [0.3, 0.4) is 0 Å². The van der Waals surface area contributed by atoms with Crippen LogP contribution in [0.2, 0.25) is 0 Å². The van der Waals surface area contributed by atoms with Gasteiger partial charge >= 0.3 is 0 Å². The van der Waals surface area contributed by atoms with Gasteiger partial charge in [-0.15, -0.1) is 0 Å². The third-order valence-electron chi connectivity index (χ3n) is 2.58. The summed E-state index contributed by atoms with van der Waals surface area (Å²) in [5, 5.41) is 3.96. The quantitative estimate of drug-likeness (QED) is 0.616. The van der Waals surface area contributed by atoms with Gasteiger partial charge in [-0.05, 0) is 12.1 Å². The van der Waals surface area contributed by atoms with Crippen LogP contribution in [0, 0.1) is 0 Å². The summed E-state index contributed by atoms with van der Waals surface area (Å²) in [5.74, 6) is 0.804. The Bertz CT molecular complexity index is 570. The Hall–Kier alpha value is -1.81. The maximum Gasteiger partial charge on any atom is 0.145 e. The lowest BCUT2D eigenvalue weighted by Gasteiger charge is -2.06. The molecule has 0 atom stereocenters. The van der Waals surface area contributed by atoms with Gasteiger partial charge in [-0.2, -0.15) is 0 Å². The van der Waals surface area contributed by atoms with Crippen molar-refractivity contribution < 1.29 is 9.57 Å². The summed E-state index contributed by atoms with van der Waals surface area (Å²) in [4.78, 5) is 5.29. The van der Waals surface area contributed by atoms with Crippen LogP contribution in [-0.2, 0) is 11.4 Å². The minimum absolute atomic E-state index is 0.380. The number of oxime groups is 1. The van der Waals surface area contributed by atoms with E-state index >= 15 is 0 Å². The molecular formula is C15H14BrNO2. The molecular weight excluding hydrogens is 306 g/mol. The Morgan fingerprint density at radius 2 is 1.84 bits per heavy atom. The van der Waals surface area contributed by atoms with E-state index in [1.165, 1.54) is 0 Å². The predicted octanol–water partition coefficient (Wildman–Crippen LogP) is 4.01. The molecule has 2 aromatic rings. The second-order valence-corrected chi connectivity index (χ2v) is 4.70. The number of ether oxygens (including phenoxy) is 1. The fourth-order valence-corrected chi connectivity index (χ4v) is 1.99. The number of benzene rings is 2. The lowest BCUT2D eigenvalue weighted by atomic mass is 10.2. The molecule has 0 aliphatic heterocycles. The largest absolute Gasteiger partial charge is 0.496 e. The zero-order chi connectivity index (χ0) is 13.5. The van der Waals surface area contributed by atoms with Crippen molar-refractivity contribution in [2.24, 2.45) is 5.16 Å². The molecule has 19 heavy (non-hydrogen) atoms. The van der Waals surface area contributed by atoms with Crippen molar-refractivity contribution in [3.8, 4) is 5.75 Å². The average Bonchev–Trinajstić information content (AvgIpc) is 2.45. The number of nitrogens with zero attached hydrogens (tertiary/aromatic N) is 1. The number of halogens is 1. The molecule has 98 valence electrons. The topological polar surface area (TPSA) is 30.8 Å². The minimum Gasteiger partial charge on any atom is -0.496 e. The monoisotopic (exact) mass is 319 g/mol. The molecule has 0 bridgehead atoms. The maximum absolute atomic E-state index is 5.29. The van der Waals surface area contributed by atoms with Crippen molar-refractivity contribution in [3.63, 3.8) is 0 Å². The van der Waals surface area contributed by atoms with Crippen molar-refractivity contribution in [1.82, 2.24) is 0 Å². The van der Waals surface area contributed by atoms with Gasteiger partial charge in [0.1, 0.15) is 12.4 Å². The van der Waals surface area contributed by atoms with Crippen molar-refractivity contribution in [3.05, 3.63) is 64.1 Å². The normalized spacial score (nSPS) is 10.6. The highest BCUT2D eigenvalue weighted by Gasteiger charge is 2.01. The molecule has 3 nitrogen and oxygen atoms in total. The van der Waals surface area contributed by atoms with Gasteiger partial charge in [-0.3, -0.25) is 0 Å². The van der Waals surface area contributed by atoms with Gasteiger partial charge in [-0.1, -0.05) is 57.5 Å². The SMILES string of the molecule is COc1ccccc1CON=Cc1ccccc1Br. The fourth-order valence-electron chi connectivity index (χ4n) is 1.60. The molecule has 0 aromatic heterocycles. The zero-order valence-corrected chi connectivity index (χ0v) is 12.1. The van der Waals surface area contributed by atoms with E-state index in [0.29, 0.717) is 6.61 Å². The summed E-state index contributed by atoms with van der Waals surface area (Å²) in [5.41, 5.74) is 1.94. The van der Waals surface area contributed by atoms with E-state index < -0.39 is 0 Å². The van der Waals surface area contributed by atoms with Crippen LogP contribution >= 0.6 is 15.9 Å². The molecule has 2 rings (SSSR count). The van der Waals surface area contributed by atoms with Crippen LogP contribution in [0.25, 0.3) is 0 Å². The van der Waals surface area contributed by atoms with Gasteiger partial charge in [0.2, 0.25) is 0 Å². The molecule has 0 amide bonds. The third kappa shape index (κ3) is 3.83. The Balaban J connectivity index is 1.95. The average molecular weight is 320 g/mol. The minimum atomic E-state index is 0.380. The first-order valence-corrected chi connectivity index (χ1v) is 6.62. The van der Waals surface area contributed by atoms with E-state index in [1.807, 2.05) is 48.5 Å². The van der Waals surface area contributed by atoms with Crippen molar-refractivity contribution in [1.29, 1.82) is 0 Å². The Morgan fingerprint density at radius 1 is 1.11 bits per heavy atom. The Morgan fingerprint density at radius 3 is 2.63 bits per heavy atom. The number of hydrogen-bond donors (Lipinski definition) is 0. The lowest BCUT2D eigenvalue weighted by Crippen LogP contribution is -1.93. The first-order chi connectivity index (χ1) is 9.31. The van der Waals surface area contributed by atoms with Gasteiger partial charge < -0.3 is 9.57 Å². The highest BCUT2D eigenvalue weighted by atomic mass is 79.9. The Kier molecular flexibility index (Phi) is 4.98. The predicted molar refractivity (Wildman–Crippen MR) is 79.5 cm³/mol. The smallest absolute Gasteiger partial charge is 0.145 e. The number of methoxy groups -OCH3 is 1. The van der Waals surface area contributed by atoms with Crippen LogP contribution in [0.1, 0.15) is 11.1 Å². The summed E-state index contributed by atoms with van der Waals surface area (Å²) < 4.78 is 6.23. The summed E-state index contributed by atoms with van der Waals surface area (Å²) in [7, 11) is 1.64. The van der Waals surface area contributed by atoms with E-state index in [4.69, 9.17) is 9.57 Å². The van der Waals surface area contributed by atoms with E-state index in [9.17, 15) is 0 Å². The summed E-state index contributed by atoms with van der Waals surface area (Å²) >= 11 is 3.45. The number of para-hydroxylation sites is 1. The lowest BCUT2D eigenvalue weighted by molar-refractivity contribution is 0.130. The van der Waals surface area contributed by atoms with Crippen LogP contribution in [-0.4, -0.2) is 13.3 Å². The molecule has 0 saturated heterocycles. The van der Waals surface area contributed by atoms with Crippen molar-refractivity contribution >= 4 is 22.1 Å². The second kappa shape index (κ2) is 6.95. The molecule has 0 unspecified atom stereocenters. The molecule has 0 aliphatic rings. The highest BCUT2D eigenvalue weighted by molar-refractivity contribution is 9.10. The van der Waals surface area contributed by atoms with Gasteiger partial charge in [-0.25, -0.2) is 0 Å². The molecule has 0 radical (unpaired) electrons. The standard InChI is InChI=1S/C15H14BrNO2/c1-18-15-9-5-3-7-13(15)11-19-17-10-12-6-2-4-8-14(12)16/h2-10H,11H2,1H3. The first kappa shape index (κ1) is 13.6. The van der Waals surface area contributed by atoms with Crippen LogP contribution in [0.4, 0.5) is 0 Å². The second-order valence-electron chi connectivity index (χ2n) is 3.84. The highest BCUT2D eigenvalue weighted by Crippen LogP contribution is 2.18. The van der Waals surface area contributed by atoms with Crippen molar-refractivity contribution in [2.75, 3.05) is 7.11 Å². The molecule has 0 saturated carbocycles. The molecule has 2 aromatic carbocycles. The third-order valence-corrected chi connectivity index (χ3v) is 3.31. The summed E-state index contributed by atoms with van der Waals surface area (Å²) in [6, 6.07) is 15.5. The van der Waals surface area contributed by atoms with Crippen LogP contribution in [0.15, 0.2) is 58.2 Å². The zero-order valence-electron chi connectivity index (χ0n) is 10.5. The molecule has 0 aliphatic carbocycles. The summed E-state index contributed by atoms with van der Waals surface area (Å²) in [6.07, 6.45) is 1.68. The van der Waals surface area contributed by atoms with Crippen LogP contribution in [0.5, 0.6) is 5.75 Å². The first-order valence-electron chi connectivity index (χ1n) is 5.83. The molecule has 0 spiro atoms. The van der Waals surface area contributed by atoms with Gasteiger partial charge in [0.05, 0.1) is 13.3 Å².